The van der Waals surface area contributed by atoms with Gasteiger partial charge >= 0.3 is 0 Å². The van der Waals surface area contributed by atoms with Crippen molar-refractivity contribution in [2.24, 2.45) is 11.8 Å². The number of hydrogen-bond donors (Lipinski definition) is 1. The van der Waals surface area contributed by atoms with Gasteiger partial charge in [-0.1, -0.05) is 43.3 Å². The highest BCUT2D eigenvalue weighted by atomic mass is 16.3. The van der Waals surface area contributed by atoms with Gasteiger partial charge in [-0.3, -0.25) is 14.5 Å². The Hall–Kier alpha value is -3.60. The topological polar surface area (TPSA) is 62.6 Å². The number of allylic oxidation sites excluding steroid dienone is 1. The first-order valence-corrected chi connectivity index (χ1v) is 10.2. The van der Waals surface area contributed by atoms with Crippen molar-refractivity contribution in [3.8, 4) is 0 Å². The Morgan fingerprint density at radius 3 is 2.57 bits per heavy atom. The molecule has 5 rings (SSSR count). The molecule has 1 amide bonds. The van der Waals surface area contributed by atoms with Gasteiger partial charge in [0.05, 0.1) is 23.6 Å². The Labute approximate surface area is 175 Å². The molecule has 2 aromatic carbocycles. The molecule has 3 aromatic rings. The van der Waals surface area contributed by atoms with Crippen molar-refractivity contribution in [3.63, 3.8) is 0 Å². The summed E-state index contributed by atoms with van der Waals surface area (Å²) in [5.41, 5.74) is 2.92. The summed E-state index contributed by atoms with van der Waals surface area (Å²) in [5, 5.41) is 3.46. The zero-order valence-electron chi connectivity index (χ0n) is 16.6. The predicted octanol–water partition coefficient (Wildman–Crippen LogP) is 5.20. The smallest absolute Gasteiger partial charge is 0.259 e. The van der Waals surface area contributed by atoms with E-state index in [0.717, 1.165) is 17.1 Å². The van der Waals surface area contributed by atoms with E-state index in [1.165, 1.54) is 0 Å². The molecule has 3 atom stereocenters. The molecular formula is C25H22N2O3. The van der Waals surface area contributed by atoms with Gasteiger partial charge in [0.15, 0.2) is 0 Å². The van der Waals surface area contributed by atoms with Crippen molar-refractivity contribution in [1.82, 2.24) is 0 Å². The molecule has 5 nitrogen and oxygen atoms in total. The number of furan rings is 1. The monoisotopic (exact) mass is 398 g/mol. The van der Waals surface area contributed by atoms with Crippen molar-refractivity contribution < 1.29 is 14.0 Å². The second-order valence-electron chi connectivity index (χ2n) is 7.89. The number of hydrogen-bond acceptors (Lipinski definition) is 4. The van der Waals surface area contributed by atoms with E-state index < -0.39 is 12.0 Å². The lowest BCUT2D eigenvalue weighted by Crippen LogP contribution is -2.42. The molecule has 0 fully saturated rings. The number of anilines is 2. The Morgan fingerprint density at radius 2 is 1.80 bits per heavy atom. The van der Waals surface area contributed by atoms with Crippen LogP contribution in [-0.4, -0.2) is 11.7 Å². The minimum Gasteiger partial charge on any atom is -0.467 e. The highest BCUT2D eigenvalue weighted by molar-refractivity contribution is 6.09. The van der Waals surface area contributed by atoms with Gasteiger partial charge < -0.3 is 9.73 Å². The molecule has 5 heteroatoms. The van der Waals surface area contributed by atoms with Crippen LogP contribution >= 0.6 is 0 Å². The predicted molar refractivity (Wildman–Crippen MR) is 115 cm³/mol. The van der Waals surface area contributed by atoms with Crippen LogP contribution in [0.25, 0.3) is 0 Å². The average molecular weight is 398 g/mol. The third-order valence-electron chi connectivity index (χ3n) is 5.78. The van der Waals surface area contributed by atoms with E-state index >= 15 is 0 Å². The van der Waals surface area contributed by atoms with Gasteiger partial charge in [-0.2, -0.15) is 0 Å². The number of Topliss-reactive ketones (excluding diaryl/α,β-unsaturated/α-hetero) is 1. The minimum absolute atomic E-state index is 0.104. The third-order valence-corrected chi connectivity index (χ3v) is 5.78. The fraction of sp³-hybridized carbons (Fsp3) is 0.200. The molecular weight excluding hydrogens is 376 g/mol. The van der Waals surface area contributed by atoms with Crippen LogP contribution in [0.5, 0.6) is 0 Å². The number of rotatable bonds is 2. The molecule has 1 N–H and O–H groups in total. The van der Waals surface area contributed by atoms with Crippen LogP contribution in [0.2, 0.25) is 0 Å². The van der Waals surface area contributed by atoms with Crippen LogP contribution in [-0.2, 0) is 4.79 Å². The number of fused-ring (bicyclic) bond motifs is 2. The second kappa shape index (κ2) is 7.34. The molecule has 2 heterocycles. The Bertz CT molecular complexity index is 1120. The van der Waals surface area contributed by atoms with E-state index in [-0.39, 0.29) is 17.6 Å². The zero-order valence-corrected chi connectivity index (χ0v) is 16.6. The molecule has 0 saturated heterocycles. The normalized spacial score (nSPS) is 23.0. The number of carbonyl (C=O) groups is 2. The van der Waals surface area contributed by atoms with E-state index in [2.05, 4.69) is 11.4 Å². The van der Waals surface area contributed by atoms with Crippen LogP contribution in [0.1, 0.15) is 35.5 Å². The first-order valence-electron chi connectivity index (χ1n) is 10.2. The molecule has 0 radical (unpaired) electrons. The summed E-state index contributed by atoms with van der Waals surface area (Å²) < 4.78 is 5.78. The number of amides is 1. The highest BCUT2D eigenvalue weighted by Gasteiger charge is 2.45. The van der Waals surface area contributed by atoms with Crippen molar-refractivity contribution in [3.05, 3.63) is 96.1 Å². The fourth-order valence-corrected chi connectivity index (χ4v) is 4.50. The lowest BCUT2D eigenvalue weighted by Gasteiger charge is -2.35. The van der Waals surface area contributed by atoms with E-state index in [1.54, 1.807) is 29.4 Å². The second-order valence-corrected chi connectivity index (χ2v) is 7.89. The van der Waals surface area contributed by atoms with Gasteiger partial charge in [-0.15, -0.1) is 0 Å². The molecule has 1 aromatic heterocycles. The molecule has 30 heavy (non-hydrogen) atoms. The van der Waals surface area contributed by atoms with Crippen LogP contribution in [0.3, 0.4) is 0 Å². The molecule has 1 aliphatic carbocycles. The largest absolute Gasteiger partial charge is 0.467 e. The van der Waals surface area contributed by atoms with Gasteiger partial charge in [-0.05, 0) is 42.3 Å². The van der Waals surface area contributed by atoms with Crippen LogP contribution < -0.4 is 10.2 Å². The van der Waals surface area contributed by atoms with E-state index in [0.29, 0.717) is 17.7 Å². The third kappa shape index (κ3) is 3.03. The van der Waals surface area contributed by atoms with Crippen molar-refractivity contribution in [2.75, 3.05) is 10.2 Å². The van der Waals surface area contributed by atoms with Crippen LogP contribution in [0, 0.1) is 11.8 Å². The number of benzene rings is 2. The first-order chi connectivity index (χ1) is 14.6. The number of nitrogens with zero attached hydrogens (tertiary/aromatic N) is 1. The summed E-state index contributed by atoms with van der Waals surface area (Å²) in [6.07, 6.45) is 4.14. The standard InChI is InChI=1S/C25H22N2O3/c1-16-14-19-23(21(28)15-16)24(22-12-7-13-30-22)27(20-11-6-5-10-18(20)26-19)25(29)17-8-3-2-4-9-17/h2-14,16,23-24,26H,15H2,1H3/t16-,23-,24-/m1/s1. The van der Waals surface area contributed by atoms with Gasteiger partial charge in [0, 0.05) is 17.7 Å². The number of carbonyl (C=O) groups excluding carboxylic acids is 2. The first kappa shape index (κ1) is 18.4. The van der Waals surface area contributed by atoms with Crippen molar-refractivity contribution in [1.29, 1.82) is 0 Å². The van der Waals surface area contributed by atoms with Crippen LogP contribution in [0.15, 0.2) is 89.2 Å². The summed E-state index contributed by atoms with van der Waals surface area (Å²) in [6.45, 7) is 2.04. The molecule has 0 spiro atoms. The lowest BCUT2D eigenvalue weighted by molar-refractivity contribution is -0.123. The Kier molecular flexibility index (Phi) is 4.51. The number of ketones is 1. The molecule has 2 aliphatic rings. The van der Waals surface area contributed by atoms with E-state index in [9.17, 15) is 9.59 Å². The summed E-state index contributed by atoms with van der Waals surface area (Å²) in [6, 6.07) is 19.9. The van der Waals surface area contributed by atoms with Gasteiger partial charge in [-0.25, -0.2) is 0 Å². The molecule has 1 aliphatic heterocycles. The van der Waals surface area contributed by atoms with Crippen molar-refractivity contribution in [2.45, 2.75) is 19.4 Å². The summed E-state index contributed by atoms with van der Waals surface area (Å²) in [4.78, 5) is 28.8. The number of para-hydroxylation sites is 2. The number of nitrogens with one attached hydrogen (secondary N) is 1. The molecule has 0 unspecified atom stereocenters. The maximum absolute atomic E-state index is 13.8. The quantitative estimate of drug-likeness (QED) is 0.644. The summed E-state index contributed by atoms with van der Waals surface area (Å²) in [5.74, 6) is 0.146. The zero-order chi connectivity index (χ0) is 20.7. The van der Waals surface area contributed by atoms with Gasteiger partial charge in [0.1, 0.15) is 17.6 Å². The molecule has 0 saturated carbocycles. The van der Waals surface area contributed by atoms with Gasteiger partial charge in [0.25, 0.3) is 5.91 Å². The minimum atomic E-state index is -0.574. The highest BCUT2D eigenvalue weighted by Crippen LogP contribution is 2.47. The molecule has 150 valence electrons. The Morgan fingerprint density at radius 1 is 1.03 bits per heavy atom. The summed E-state index contributed by atoms with van der Waals surface area (Å²) in [7, 11) is 0. The average Bonchev–Trinajstić information content (AvgIpc) is 3.23. The lowest BCUT2D eigenvalue weighted by atomic mass is 9.79. The van der Waals surface area contributed by atoms with Gasteiger partial charge in [0.2, 0.25) is 0 Å². The fourth-order valence-electron chi connectivity index (χ4n) is 4.50. The maximum Gasteiger partial charge on any atom is 0.259 e. The van der Waals surface area contributed by atoms with E-state index in [4.69, 9.17) is 4.42 Å². The van der Waals surface area contributed by atoms with E-state index in [1.807, 2.05) is 55.5 Å². The SMILES string of the molecule is C[C@@H]1C=C2Nc3ccccc3N(C(=O)c3ccccc3)[C@H](c3ccco3)[C@H]2C(=O)C1. The summed E-state index contributed by atoms with van der Waals surface area (Å²) >= 11 is 0. The maximum atomic E-state index is 13.8. The van der Waals surface area contributed by atoms with Crippen LogP contribution in [0.4, 0.5) is 11.4 Å². The Balaban J connectivity index is 1.76. The molecule has 0 bridgehead atoms. The van der Waals surface area contributed by atoms with Crippen molar-refractivity contribution >= 4 is 23.1 Å².